The molecule has 0 spiro atoms. The van der Waals surface area contributed by atoms with Crippen LogP contribution in [0.15, 0.2) is 72.9 Å². The van der Waals surface area contributed by atoms with Crippen LogP contribution in [0.3, 0.4) is 0 Å². The van der Waals surface area contributed by atoms with Crippen LogP contribution in [-0.2, 0) is 13.0 Å². The molecular weight excluding hydrogens is 440 g/mol. The molecule has 0 saturated heterocycles. The van der Waals surface area contributed by atoms with Gasteiger partial charge < -0.3 is 10.7 Å². The number of benzene rings is 3. The lowest BCUT2D eigenvalue weighted by Crippen LogP contribution is -2.41. The lowest BCUT2D eigenvalue weighted by molar-refractivity contribution is 0.104. The quantitative estimate of drug-likeness (QED) is 0.291. The van der Waals surface area contributed by atoms with E-state index in [4.69, 9.17) is 17.3 Å². The Morgan fingerprint density at radius 2 is 1.85 bits per heavy atom. The molecule has 0 aliphatic carbocycles. The molecule has 4 aromatic rings. The predicted molar refractivity (Wildman–Crippen MR) is 142 cm³/mol. The van der Waals surface area contributed by atoms with E-state index in [1.807, 2.05) is 36.5 Å². The predicted octanol–water partition coefficient (Wildman–Crippen LogP) is 7.27. The monoisotopic (exact) mass is 470 g/mol. The van der Waals surface area contributed by atoms with Crippen molar-refractivity contribution in [1.29, 1.82) is 0 Å². The molecule has 1 aliphatic rings. The molecule has 0 fully saturated rings. The molecule has 1 aliphatic heterocycles. The third-order valence-corrected chi connectivity index (χ3v) is 7.49. The van der Waals surface area contributed by atoms with Crippen LogP contribution in [0.5, 0.6) is 0 Å². The maximum Gasteiger partial charge on any atom is 0.139 e. The van der Waals surface area contributed by atoms with Crippen molar-refractivity contribution in [2.24, 2.45) is 0 Å². The summed E-state index contributed by atoms with van der Waals surface area (Å²) in [4.78, 5) is 10.8. The molecule has 34 heavy (non-hydrogen) atoms. The van der Waals surface area contributed by atoms with E-state index >= 15 is 0 Å². The molecule has 1 atom stereocenters. The highest BCUT2D eigenvalue weighted by molar-refractivity contribution is 6.33. The summed E-state index contributed by atoms with van der Waals surface area (Å²) >= 11 is 6.69. The second-order valence-corrected chi connectivity index (χ2v) is 9.51. The van der Waals surface area contributed by atoms with Crippen molar-refractivity contribution < 1.29 is 0 Å². The highest BCUT2D eigenvalue weighted by Crippen LogP contribution is 2.40. The summed E-state index contributed by atoms with van der Waals surface area (Å²) in [7, 11) is 0. The third-order valence-electron chi connectivity index (χ3n) is 7.16. The van der Waals surface area contributed by atoms with E-state index in [1.54, 1.807) is 0 Å². The van der Waals surface area contributed by atoms with Crippen molar-refractivity contribution in [1.82, 2.24) is 14.9 Å². The van der Waals surface area contributed by atoms with Crippen molar-refractivity contribution in [2.45, 2.75) is 51.7 Å². The Kier molecular flexibility index (Phi) is 6.44. The van der Waals surface area contributed by atoms with Gasteiger partial charge >= 0.3 is 0 Å². The van der Waals surface area contributed by atoms with E-state index < -0.39 is 0 Å². The SMILES string of the molecule is CCC(CC)N1Cc2cccc(N)c2CC1c1ccc(Cl)c(-c2ncc(-c3ccccc3)[nH]2)c1. The number of fused-ring (bicyclic) bond motifs is 1. The van der Waals surface area contributed by atoms with E-state index in [2.05, 4.69) is 65.1 Å². The molecule has 174 valence electrons. The minimum absolute atomic E-state index is 0.238. The number of halogens is 1. The van der Waals surface area contributed by atoms with Crippen LogP contribution in [0, 0.1) is 0 Å². The molecule has 0 radical (unpaired) electrons. The second kappa shape index (κ2) is 9.65. The van der Waals surface area contributed by atoms with Gasteiger partial charge in [0.05, 0.1) is 16.9 Å². The minimum atomic E-state index is 0.238. The Morgan fingerprint density at radius 1 is 1.06 bits per heavy atom. The van der Waals surface area contributed by atoms with E-state index in [9.17, 15) is 0 Å². The number of imidazole rings is 1. The molecular formula is C29H31ClN4. The zero-order valence-electron chi connectivity index (χ0n) is 19.8. The van der Waals surface area contributed by atoms with Crippen molar-refractivity contribution >= 4 is 17.3 Å². The molecule has 1 unspecified atom stereocenters. The first kappa shape index (κ1) is 22.7. The maximum atomic E-state index is 6.69. The van der Waals surface area contributed by atoms with E-state index in [1.165, 1.54) is 16.7 Å². The van der Waals surface area contributed by atoms with Crippen molar-refractivity contribution in [3.8, 4) is 22.6 Å². The zero-order chi connectivity index (χ0) is 23.7. The lowest BCUT2D eigenvalue weighted by Gasteiger charge is -2.42. The number of H-pyrrole nitrogens is 1. The Labute approximate surface area is 206 Å². The first-order valence-corrected chi connectivity index (χ1v) is 12.5. The largest absolute Gasteiger partial charge is 0.398 e. The van der Waals surface area contributed by atoms with Crippen LogP contribution in [0.1, 0.15) is 49.4 Å². The molecule has 3 N–H and O–H groups in total. The normalized spacial score (nSPS) is 16.1. The number of nitrogen functional groups attached to an aromatic ring is 1. The van der Waals surface area contributed by atoms with Crippen molar-refractivity contribution in [2.75, 3.05) is 5.73 Å². The molecule has 0 bridgehead atoms. The fraction of sp³-hybridized carbons (Fsp3) is 0.276. The summed E-state index contributed by atoms with van der Waals surface area (Å²) in [6.07, 6.45) is 5.00. The average molecular weight is 471 g/mol. The third kappa shape index (κ3) is 4.24. The number of rotatable bonds is 6. The molecule has 5 rings (SSSR count). The number of anilines is 1. The number of nitrogens with one attached hydrogen (secondary N) is 1. The van der Waals surface area contributed by atoms with Gasteiger partial charge in [0.25, 0.3) is 0 Å². The number of aromatic nitrogens is 2. The summed E-state index contributed by atoms with van der Waals surface area (Å²) in [6.45, 7) is 5.47. The number of hydrogen-bond acceptors (Lipinski definition) is 3. The number of nitrogens with two attached hydrogens (primary N) is 1. The molecule has 2 heterocycles. The van der Waals surface area contributed by atoms with Crippen molar-refractivity contribution in [3.63, 3.8) is 0 Å². The Bertz CT molecular complexity index is 1280. The average Bonchev–Trinajstić information content (AvgIpc) is 3.36. The van der Waals surface area contributed by atoms with Gasteiger partial charge in [0.15, 0.2) is 0 Å². The topological polar surface area (TPSA) is 57.9 Å². The van der Waals surface area contributed by atoms with Gasteiger partial charge in [-0.15, -0.1) is 0 Å². The van der Waals surface area contributed by atoms with E-state index in [0.717, 1.165) is 54.1 Å². The molecule has 3 aromatic carbocycles. The number of hydrogen-bond donors (Lipinski definition) is 2. The maximum absolute atomic E-state index is 6.69. The van der Waals surface area contributed by atoms with Crippen LogP contribution in [0.25, 0.3) is 22.6 Å². The smallest absolute Gasteiger partial charge is 0.139 e. The van der Waals surface area contributed by atoms with Gasteiger partial charge in [0.2, 0.25) is 0 Å². The molecule has 5 heteroatoms. The lowest BCUT2D eigenvalue weighted by atomic mass is 9.86. The van der Waals surface area contributed by atoms with Crippen molar-refractivity contribution in [3.05, 3.63) is 94.6 Å². The van der Waals surface area contributed by atoms with Crippen LogP contribution < -0.4 is 5.73 Å². The van der Waals surface area contributed by atoms with Crippen LogP contribution in [0.4, 0.5) is 5.69 Å². The standard InChI is InChI=1S/C29H31ClN4/c1-3-22(4-2)34-18-21-11-8-12-26(31)23(21)16-28(34)20-13-14-25(30)24(15-20)29-32-17-27(33-29)19-9-6-5-7-10-19/h5-15,17,22,28H,3-4,16,18,31H2,1-2H3,(H,32,33). The van der Waals surface area contributed by atoms with Crippen LogP contribution in [-0.4, -0.2) is 20.9 Å². The Morgan fingerprint density at radius 3 is 2.62 bits per heavy atom. The van der Waals surface area contributed by atoms with Gasteiger partial charge in [-0.2, -0.15) is 0 Å². The molecule has 0 amide bonds. The number of aromatic amines is 1. The van der Waals surface area contributed by atoms with E-state index in [0.29, 0.717) is 11.1 Å². The summed E-state index contributed by atoms with van der Waals surface area (Å²) in [5.74, 6) is 0.788. The first-order valence-electron chi connectivity index (χ1n) is 12.1. The highest BCUT2D eigenvalue weighted by Gasteiger charge is 2.32. The highest BCUT2D eigenvalue weighted by atomic mass is 35.5. The number of nitrogens with zero attached hydrogens (tertiary/aromatic N) is 2. The van der Waals surface area contributed by atoms with E-state index in [-0.39, 0.29) is 6.04 Å². The summed E-state index contributed by atoms with van der Waals surface area (Å²) < 4.78 is 0. The summed E-state index contributed by atoms with van der Waals surface area (Å²) in [5, 5.41) is 0.697. The first-order chi connectivity index (χ1) is 16.6. The van der Waals surface area contributed by atoms with Gasteiger partial charge in [-0.25, -0.2) is 4.98 Å². The second-order valence-electron chi connectivity index (χ2n) is 9.10. The van der Waals surface area contributed by atoms with Gasteiger partial charge in [0, 0.05) is 29.9 Å². The molecule has 4 nitrogen and oxygen atoms in total. The Hall–Kier alpha value is -3.08. The minimum Gasteiger partial charge on any atom is -0.398 e. The fourth-order valence-electron chi connectivity index (χ4n) is 5.27. The van der Waals surface area contributed by atoms with Gasteiger partial charge in [-0.1, -0.05) is 74.0 Å². The summed E-state index contributed by atoms with van der Waals surface area (Å²) in [6, 6.07) is 23.7. The van der Waals surface area contributed by atoms with Gasteiger partial charge in [-0.05, 0) is 59.7 Å². The Balaban J connectivity index is 1.55. The van der Waals surface area contributed by atoms with Crippen LogP contribution >= 0.6 is 11.6 Å². The van der Waals surface area contributed by atoms with Gasteiger partial charge in [-0.3, -0.25) is 4.90 Å². The summed E-state index contributed by atoms with van der Waals surface area (Å²) in [5.41, 5.74) is 14.2. The van der Waals surface area contributed by atoms with Crippen LogP contribution in [0.2, 0.25) is 5.02 Å². The van der Waals surface area contributed by atoms with Gasteiger partial charge in [0.1, 0.15) is 5.82 Å². The molecule has 1 aromatic heterocycles. The zero-order valence-corrected chi connectivity index (χ0v) is 20.5. The molecule has 0 saturated carbocycles. The fourth-order valence-corrected chi connectivity index (χ4v) is 5.48.